The van der Waals surface area contributed by atoms with Crippen LogP contribution in [0.1, 0.15) is 5.56 Å². The summed E-state index contributed by atoms with van der Waals surface area (Å²) in [7, 11) is 1.57. The molecule has 2 aromatic rings. The van der Waals surface area contributed by atoms with E-state index in [2.05, 4.69) is 4.98 Å². The highest BCUT2D eigenvalue weighted by Gasteiger charge is 2.00. The predicted octanol–water partition coefficient (Wildman–Crippen LogP) is 2.34. The third-order valence-corrected chi connectivity index (χ3v) is 2.29. The molecule has 0 atom stereocenters. The van der Waals surface area contributed by atoms with E-state index in [1.807, 2.05) is 30.3 Å². The summed E-state index contributed by atoms with van der Waals surface area (Å²) in [5, 5.41) is 0. The molecule has 1 aromatic carbocycles. The van der Waals surface area contributed by atoms with E-state index in [9.17, 15) is 0 Å². The molecule has 0 spiro atoms. The number of nitrogens with zero attached hydrogens (tertiary/aromatic N) is 1. The van der Waals surface area contributed by atoms with Crippen molar-refractivity contribution in [2.24, 2.45) is 5.73 Å². The Balaban J connectivity index is 2.13. The second-order valence-electron chi connectivity index (χ2n) is 3.47. The maximum atomic E-state index is 5.59. The summed E-state index contributed by atoms with van der Waals surface area (Å²) in [5.74, 6) is 1.76. The number of hydrogen-bond acceptors (Lipinski definition) is 4. The van der Waals surface area contributed by atoms with Gasteiger partial charge in [-0.1, -0.05) is 18.2 Å². The standard InChI is InChI=1S/C13H14N2O2/c1-16-12-3-2-4-13(15-12)17-11-7-5-10(9-14)6-8-11/h2-8H,9,14H2,1H3. The van der Waals surface area contributed by atoms with Gasteiger partial charge in [0.2, 0.25) is 11.8 Å². The van der Waals surface area contributed by atoms with Crippen molar-refractivity contribution in [3.63, 3.8) is 0 Å². The molecule has 0 unspecified atom stereocenters. The number of methoxy groups -OCH3 is 1. The minimum atomic E-state index is 0.504. The van der Waals surface area contributed by atoms with Crippen molar-refractivity contribution in [1.82, 2.24) is 4.98 Å². The summed E-state index contributed by atoms with van der Waals surface area (Å²) in [4.78, 5) is 4.16. The number of benzene rings is 1. The van der Waals surface area contributed by atoms with Crippen LogP contribution in [-0.4, -0.2) is 12.1 Å². The van der Waals surface area contributed by atoms with Crippen LogP contribution in [0.25, 0.3) is 0 Å². The highest BCUT2D eigenvalue weighted by Crippen LogP contribution is 2.21. The van der Waals surface area contributed by atoms with Crippen molar-refractivity contribution < 1.29 is 9.47 Å². The van der Waals surface area contributed by atoms with Crippen LogP contribution in [0.2, 0.25) is 0 Å². The summed E-state index contributed by atoms with van der Waals surface area (Å²) in [6.07, 6.45) is 0. The number of aromatic nitrogens is 1. The molecule has 1 aromatic heterocycles. The first-order valence-corrected chi connectivity index (χ1v) is 5.30. The molecular formula is C13H14N2O2. The monoisotopic (exact) mass is 230 g/mol. The average molecular weight is 230 g/mol. The fourth-order valence-electron chi connectivity index (χ4n) is 1.38. The topological polar surface area (TPSA) is 57.4 Å². The molecule has 2 rings (SSSR count). The first kappa shape index (κ1) is 11.4. The second kappa shape index (κ2) is 5.32. The number of hydrogen-bond donors (Lipinski definition) is 1. The fourth-order valence-corrected chi connectivity index (χ4v) is 1.38. The van der Waals surface area contributed by atoms with Gasteiger partial charge in [0.05, 0.1) is 7.11 Å². The van der Waals surface area contributed by atoms with Crippen LogP contribution in [0.3, 0.4) is 0 Å². The molecule has 4 heteroatoms. The number of ether oxygens (including phenoxy) is 2. The van der Waals surface area contributed by atoms with Crippen LogP contribution in [0.15, 0.2) is 42.5 Å². The molecule has 0 fully saturated rings. The summed E-state index contributed by atoms with van der Waals surface area (Å²) < 4.78 is 10.6. The van der Waals surface area contributed by atoms with E-state index in [0.29, 0.717) is 18.3 Å². The van der Waals surface area contributed by atoms with E-state index < -0.39 is 0 Å². The Morgan fingerprint density at radius 1 is 1.06 bits per heavy atom. The van der Waals surface area contributed by atoms with Gasteiger partial charge in [0.25, 0.3) is 0 Å². The molecule has 0 bridgehead atoms. The number of rotatable bonds is 4. The minimum Gasteiger partial charge on any atom is -0.481 e. The first-order chi connectivity index (χ1) is 8.31. The van der Waals surface area contributed by atoms with Crippen molar-refractivity contribution in [2.75, 3.05) is 7.11 Å². The largest absolute Gasteiger partial charge is 0.481 e. The zero-order valence-corrected chi connectivity index (χ0v) is 9.59. The van der Waals surface area contributed by atoms with Crippen LogP contribution in [-0.2, 0) is 6.54 Å². The van der Waals surface area contributed by atoms with Crippen molar-refractivity contribution in [3.8, 4) is 17.5 Å². The van der Waals surface area contributed by atoms with E-state index in [1.165, 1.54) is 0 Å². The maximum Gasteiger partial charge on any atom is 0.222 e. The molecular weight excluding hydrogens is 216 g/mol. The van der Waals surface area contributed by atoms with E-state index >= 15 is 0 Å². The molecule has 4 nitrogen and oxygen atoms in total. The van der Waals surface area contributed by atoms with Gasteiger partial charge in [-0.3, -0.25) is 0 Å². The van der Waals surface area contributed by atoms with Crippen LogP contribution < -0.4 is 15.2 Å². The quantitative estimate of drug-likeness (QED) is 0.875. The Hall–Kier alpha value is -2.07. The van der Waals surface area contributed by atoms with E-state index in [1.54, 1.807) is 19.2 Å². The van der Waals surface area contributed by atoms with E-state index in [-0.39, 0.29) is 0 Å². The highest BCUT2D eigenvalue weighted by atomic mass is 16.5. The average Bonchev–Trinajstić information content (AvgIpc) is 2.40. The molecule has 0 aliphatic heterocycles. The first-order valence-electron chi connectivity index (χ1n) is 5.30. The van der Waals surface area contributed by atoms with Crippen molar-refractivity contribution in [1.29, 1.82) is 0 Å². The van der Waals surface area contributed by atoms with Gasteiger partial charge in [-0.25, -0.2) is 0 Å². The molecule has 1 heterocycles. The molecule has 0 aliphatic rings. The van der Waals surface area contributed by atoms with Gasteiger partial charge < -0.3 is 15.2 Å². The maximum absolute atomic E-state index is 5.59. The third kappa shape index (κ3) is 2.95. The van der Waals surface area contributed by atoms with E-state index in [4.69, 9.17) is 15.2 Å². The Kier molecular flexibility index (Phi) is 3.57. The molecule has 88 valence electrons. The fraction of sp³-hybridized carbons (Fsp3) is 0.154. The summed E-state index contributed by atoms with van der Waals surface area (Å²) >= 11 is 0. The van der Waals surface area contributed by atoms with Gasteiger partial charge in [0, 0.05) is 18.7 Å². The van der Waals surface area contributed by atoms with Crippen LogP contribution in [0.5, 0.6) is 17.5 Å². The molecule has 0 saturated carbocycles. The van der Waals surface area contributed by atoms with Gasteiger partial charge in [-0.05, 0) is 17.7 Å². The molecule has 17 heavy (non-hydrogen) atoms. The lowest BCUT2D eigenvalue weighted by Crippen LogP contribution is -1.96. The Morgan fingerprint density at radius 3 is 2.41 bits per heavy atom. The number of nitrogens with two attached hydrogens (primary N) is 1. The second-order valence-corrected chi connectivity index (χ2v) is 3.47. The van der Waals surface area contributed by atoms with Crippen molar-refractivity contribution in [3.05, 3.63) is 48.0 Å². The van der Waals surface area contributed by atoms with Crippen molar-refractivity contribution >= 4 is 0 Å². The molecule has 2 N–H and O–H groups in total. The Labute approximate surface area is 100 Å². The predicted molar refractivity (Wildman–Crippen MR) is 65.2 cm³/mol. The Morgan fingerprint density at radius 2 is 1.76 bits per heavy atom. The van der Waals surface area contributed by atoms with Gasteiger partial charge >= 0.3 is 0 Å². The zero-order valence-electron chi connectivity index (χ0n) is 9.59. The normalized spacial score (nSPS) is 10.0. The Bertz CT molecular complexity index is 483. The zero-order chi connectivity index (χ0) is 12.1. The highest BCUT2D eigenvalue weighted by molar-refractivity contribution is 5.31. The SMILES string of the molecule is COc1cccc(Oc2ccc(CN)cc2)n1. The van der Waals surface area contributed by atoms with Gasteiger partial charge in [-0.2, -0.15) is 4.98 Å². The lowest BCUT2D eigenvalue weighted by molar-refractivity contribution is 0.383. The van der Waals surface area contributed by atoms with Gasteiger partial charge in [0.1, 0.15) is 5.75 Å². The summed E-state index contributed by atoms with van der Waals surface area (Å²) in [6.45, 7) is 0.525. The van der Waals surface area contributed by atoms with Crippen molar-refractivity contribution in [2.45, 2.75) is 6.54 Å². The van der Waals surface area contributed by atoms with Gasteiger partial charge in [0.15, 0.2) is 0 Å². The lowest BCUT2D eigenvalue weighted by atomic mass is 10.2. The molecule has 0 saturated heterocycles. The summed E-state index contributed by atoms with van der Waals surface area (Å²) in [5.41, 5.74) is 6.59. The smallest absolute Gasteiger partial charge is 0.222 e. The molecule has 0 radical (unpaired) electrons. The summed E-state index contributed by atoms with van der Waals surface area (Å²) in [6, 6.07) is 13.0. The van der Waals surface area contributed by atoms with Crippen LogP contribution >= 0.6 is 0 Å². The third-order valence-electron chi connectivity index (χ3n) is 2.29. The minimum absolute atomic E-state index is 0.504. The lowest BCUT2D eigenvalue weighted by Gasteiger charge is -2.06. The van der Waals surface area contributed by atoms with Crippen LogP contribution in [0, 0.1) is 0 Å². The van der Waals surface area contributed by atoms with E-state index in [0.717, 1.165) is 11.3 Å². The van der Waals surface area contributed by atoms with Gasteiger partial charge in [-0.15, -0.1) is 0 Å². The molecule has 0 amide bonds. The number of pyridine rings is 1. The molecule has 0 aliphatic carbocycles. The van der Waals surface area contributed by atoms with Crippen LogP contribution in [0.4, 0.5) is 0 Å².